The first kappa shape index (κ1) is 37.0. The van der Waals surface area contributed by atoms with Crippen LogP contribution in [0.2, 0.25) is 0 Å². The van der Waals surface area contributed by atoms with Crippen LogP contribution in [0.4, 0.5) is 0 Å². The number of carbonyl (C=O) groups is 4. The molecular weight excluding hydrogens is 865 g/mol. The van der Waals surface area contributed by atoms with Gasteiger partial charge in [-0.25, -0.2) is 0 Å². The second-order valence-electron chi connectivity index (χ2n) is 18.6. The van der Waals surface area contributed by atoms with E-state index in [1.807, 2.05) is 83.4 Å². The van der Waals surface area contributed by atoms with Crippen molar-refractivity contribution < 1.29 is 19.2 Å². The van der Waals surface area contributed by atoms with Crippen LogP contribution in [-0.2, 0) is 10.8 Å². The average molecular weight is 897 g/mol. The van der Waals surface area contributed by atoms with Crippen molar-refractivity contribution in [3.8, 4) is 19.5 Å². The van der Waals surface area contributed by atoms with Crippen LogP contribution in [-0.4, -0.2) is 23.1 Å². The monoisotopic (exact) mass is 896 g/mol. The molecule has 0 saturated carbocycles. The number of allylic oxidation sites excluding steroid dienone is 2. The quantitative estimate of drug-likeness (QED) is 0.0985. The summed E-state index contributed by atoms with van der Waals surface area (Å²) in [6, 6.07) is 36.6. The van der Waals surface area contributed by atoms with Gasteiger partial charge in [-0.2, -0.15) is 0 Å². The number of benzene rings is 6. The molecule has 0 radical (unpaired) electrons. The van der Waals surface area contributed by atoms with Crippen molar-refractivity contribution in [2.24, 2.45) is 0 Å². The van der Waals surface area contributed by atoms with E-state index in [4.69, 9.17) is 0 Å². The Morgan fingerprint density at radius 3 is 1.00 bits per heavy atom. The van der Waals surface area contributed by atoms with E-state index in [1.54, 1.807) is 22.7 Å². The van der Waals surface area contributed by atoms with Crippen molar-refractivity contribution in [3.63, 3.8) is 0 Å². The minimum Gasteiger partial charge on any atom is -0.288 e. The Hall–Kier alpha value is -6.42. The molecule has 0 N–H and O–H groups in total. The lowest BCUT2D eigenvalue weighted by Gasteiger charge is -2.20. The van der Waals surface area contributed by atoms with E-state index < -0.39 is 0 Å². The zero-order valence-electron chi connectivity index (χ0n) is 34.8. The van der Waals surface area contributed by atoms with Crippen molar-refractivity contribution in [3.05, 3.63) is 175 Å². The van der Waals surface area contributed by atoms with Crippen molar-refractivity contribution in [1.29, 1.82) is 0 Å². The van der Waals surface area contributed by atoms with Gasteiger partial charge < -0.3 is 0 Å². The Labute approximate surface area is 382 Å². The van der Waals surface area contributed by atoms with E-state index >= 15 is 0 Å². The molecule has 64 heavy (non-hydrogen) atoms. The number of rotatable bonds is 2. The third-order valence-corrected chi connectivity index (χ3v) is 19.3. The molecule has 8 heteroatoms. The fourth-order valence-corrected chi connectivity index (χ4v) is 17.3. The highest BCUT2D eigenvalue weighted by atomic mass is 32.1. The van der Waals surface area contributed by atoms with E-state index in [0.29, 0.717) is 22.3 Å². The highest BCUT2D eigenvalue weighted by Gasteiger charge is 2.47. The van der Waals surface area contributed by atoms with Crippen LogP contribution in [0.15, 0.2) is 120 Å². The van der Waals surface area contributed by atoms with Gasteiger partial charge in [-0.15, -0.1) is 45.3 Å². The normalized spacial score (nSPS) is 16.4. The van der Waals surface area contributed by atoms with Gasteiger partial charge in [0.05, 0.1) is 30.3 Å². The molecule has 0 saturated heterocycles. The van der Waals surface area contributed by atoms with Crippen LogP contribution in [0.25, 0.3) is 84.2 Å². The van der Waals surface area contributed by atoms with Gasteiger partial charge in [-0.05, 0) is 138 Å². The molecule has 0 atom stereocenters. The van der Waals surface area contributed by atoms with E-state index in [1.165, 1.54) is 51.2 Å². The van der Waals surface area contributed by atoms with Gasteiger partial charge in [0, 0.05) is 52.6 Å². The summed E-state index contributed by atoms with van der Waals surface area (Å²) in [4.78, 5) is 62.4. The molecule has 14 rings (SSSR count). The number of hydrogen-bond acceptors (Lipinski definition) is 8. The van der Waals surface area contributed by atoms with Gasteiger partial charge in [0.25, 0.3) is 0 Å². The number of Topliss-reactive ketones (excluding diaryl/α,β-unsaturated/α-hetero) is 4. The highest BCUT2D eigenvalue weighted by Crippen LogP contribution is 2.65. The maximum atomic E-state index is 13.9. The standard InChI is InChI=1S/C56H32O4S4/c1-55(2)41-23-33(21-39-45(57)35-17-29-13-25-9-5-6-10-26(25)14-30(29)18-36(35)46(39)58)61-49(41)51-43(55)53-54(63-51)44-52(64-53)50-42(56(44,3)4)24-34(62-50)22-40-47(59)37-19-31-15-27-11-7-8-12-28(27)16-32(31)20-38(37)48(40)60/h5-24H,1-4H3. The fourth-order valence-electron chi connectivity index (χ4n) is 11.0. The molecule has 0 fully saturated rings. The lowest BCUT2D eigenvalue weighted by Crippen LogP contribution is -2.15. The Balaban J connectivity index is 0.807. The summed E-state index contributed by atoms with van der Waals surface area (Å²) >= 11 is 7.07. The SMILES string of the molecule is CC1(C)c2cc(C=C3C(=O)c4cc5cc6ccccc6cc5cc4C3=O)sc2-c2sc3c4c(sc3c21)-c1sc(C=C2C(=O)c3cc5cc6ccccc6cc5cc3C2=O)cc1C4(C)C. The highest BCUT2D eigenvalue weighted by molar-refractivity contribution is 7.34. The predicted octanol–water partition coefficient (Wildman–Crippen LogP) is 15.2. The first-order valence-corrected chi connectivity index (χ1v) is 24.5. The topological polar surface area (TPSA) is 68.3 Å². The Bertz CT molecular complexity index is 3620. The summed E-state index contributed by atoms with van der Waals surface area (Å²) in [5.74, 6) is -0.837. The maximum absolute atomic E-state index is 13.9. The summed E-state index contributed by atoms with van der Waals surface area (Å²) in [5.41, 5.74) is 6.97. The third kappa shape index (κ3) is 4.71. The molecule has 4 heterocycles. The molecule has 4 aliphatic rings. The zero-order valence-corrected chi connectivity index (χ0v) is 38.1. The first-order valence-electron chi connectivity index (χ1n) is 21.3. The minimum absolute atomic E-state index is 0.209. The van der Waals surface area contributed by atoms with Crippen LogP contribution in [0.3, 0.4) is 0 Å². The number of hydrogen-bond donors (Lipinski definition) is 0. The van der Waals surface area contributed by atoms with Crippen molar-refractivity contribution >= 4 is 133 Å². The summed E-state index contributed by atoms with van der Waals surface area (Å²) in [7, 11) is 0. The third-order valence-electron chi connectivity index (χ3n) is 14.2. The number of ketones is 4. The second kappa shape index (κ2) is 12.2. The number of thiophene rings is 4. The van der Waals surface area contributed by atoms with Crippen LogP contribution < -0.4 is 0 Å². The zero-order chi connectivity index (χ0) is 43.3. The lowest BCUT2D eigenvalue weighted by molar-refractivity contribution is 0.0975. The predicted molar refractivity (Wildman–Crippen MR) is 267 cm³/mol. The molecule has 0 bridgehead atoms. The smallest absolute Gasteiger partial charge is 0.197 e. The van der Waals surface area contributed by atoms with E-state index in [9.17, 15) is 19.2 Å². The second-order valence-corrected chi connectivity index (χ2v) is 22.8. The molecular formula is C56H32O4S4. The summed E-state index contributed by atoms with van der Waals surface area (Å²) in [6.45, 7) is 9.17. The Morgan fingerprint density at radius 2 is 0.688 bits per heavy atom. The van der Waals surface area contributed by atoms with Gasteiger partial charge in [0.2, 0.25) is 0 Å². The average Bonchev–Trinajstić information content (AvgIpc) is 4.15. The molecule has 0 aliphatic heterocycles. The van der Waals surface area contributed by atoms with Crippen LogP contribution in [0.5, 0.6) is 0 Å². The lowest BCUT2D eigenvalue weighted by atomic mass is 9.82. The molecule has 4 aliphatic carbocycles. The molecule has 0 unspecified atom stereocenters. The molecule has 10 aromatic rings. The van der Waals surface area contributed by atoms with Crippen LogP contribution in [0, 0.1) is 0 Å². The van der Waals surface area contributed by atoms with E-state index in [-0.39, 0.29) is 45.1 Å². The first-order chi connectivity index (χ1) is 30.8. The van der Waals surface area contributed by atoms with E-state index in [2.05, 4.69) is 88.4 Å². The van der Waals surface area contributed by atoms with E-state index in [0.717, 1.165) is 52.8 Å². The van der Waals surface area contributed by atoms with Gasteiger partial charge in [-0.3, -0.25) is 19.2 Å². The molecule has 0 amide bonds. The van der Waals surface area contributed by atoms with Crippen LogP contribution >= 0.6 is 45.3 Å². The van der Waals surface area contributed by atoms with Gasteiger partial charge in [0.15, 0.2) is 23.1 Å². The van der Waals surface area contributed by atoms with Crippen molar-refractivity contribution in [1.82, 2.24) is 0 Å². The number of fused-ring (bicyclic) bond motifs is 15. The molecule has 304 valence electrons. The van der Waals surface area contributed by atoms with Crippen molar-refractivity contribution in [2.45, 2.75) is 38.5 Å². The summed E-state index contributed by atoms with van der Waals surface area (Å²) in [5, 5.41) is 8.22. The van der Waals surface area contributed by atoms with Crippen molar-refractivity contribution in [2.75, 3.05) is 0 Å². The maximum Gasteiger partial charge on any atom is 0.197 e. The molecule has 0 spiro atoms. The summed E-state index contributed by atoms with van der Waals surface area (Å²) in [6.07, 6.45) is 3.64. The van der Waals surface area contributed by atoms with Gasteiger partial charge >= 0.3 is 0 Å². The molecule has 4 nitrogen and oxygen atoms in total. The fraction of sp³-hybridized carbons (Fsp3) is 0.107. The Kier molecular flexibility index (Phi) is 7.07. The summed E-state index contributed by atoms with van der Waals surface area (Å²) < 4.78 is 2.64. The molecule has 4 aromatic heterocycles. The minimum atomic E-state index is -0.283. The molecule has 6 aromatic carbocycles. The largest absolute Gasteiger partial charge is 0.288 e. The Morgan fingerprint density at radius 1 is 0.375 bits per heavy atom. The van der Waals surface area contributed by atoms with Gasteiger partial charge in [0.1, 0.15) is 0 Å². The van der Waals surface area contributed by atoms with Crippen LogP contribution in [0.1, 0.15) is 101 Å². The number of carbonyl (C=O) groups excluding carboxylic acids is 4. The van der Waals surface area contributed by atoms with Gasteiger partial charge in [-0.1, -0.05) is 76.2 Å².